The first-order valence-electron chi connectivity index (χ1n) is 8.04. The largest absolute Gasteiger partial charge is 0.494 e. The second-order valence-corrected chi connectivity index (χ2v) is 5.51. The number of benzene rings is 3. The van der Waals surface area contributed by atoms with E-state index in [0.717, 1.165) is 0 Å². The maximum Gasteiger partial charge on any atom is 0.273 e. The van der Waals surface area contributed by atoms with Gasteiger partial charge in [0, 0.05) is 6.07 Å². The van der Waals surface area contributed by atoms with Gasteiger partial charge in [0.15, 0.2) is 0 Å². The fourth-order valence-corrected chi connectivity index (χ4v) is 2.45. The summed E-state index contributed by atoms with van der Waals surface area (Å²) in [7, 11) is 1.38. The van der Waals surface area contributed by atoms with E-state index in [1.54, 1.807) is 36.4 Å². The molecule has 0 unspecified atom stereocenters. The number of nitro groups is 1. The molecular weight excluding hydrogens is 348 g/mol. The van der Waals surface area contributed by atoms with Gasteiger partial charge in [0.25, 0.3) is 11.6 Å². The molecule has 1 N–H and O–H groups in total. The molecule has 3 aromatic rings. The molecule has 0 saturated heterocycles. The number of carbonyl (C=O) groups is 1. The number of amides is 1. The Labute approximate surface area is 155 Å². The fourth-order valence-electron chi connectivity index (χ4n) is 2.45. The van der Waals surface area contributed by atoms with E-state index in [2.05, 4.69) is 5.32 Å². The molecule has 136 valence electrons. The van der Waals surface area contributed by atoms with Crippen LogP contribution in [0.15, 0.2) is 72.8 Å². The second-order valence-electron chi connectivity index (χ2n) is 5.51. The first kappa shape index (κ1) is 17.9. The Morgan fingerprint density at radius 2 is 1.67 bits per heavy atom. The Hall–Kier alpha value is -3.87. The smallest absolute Gasteiger partial charge is 0.273 e. The number of anilines is 1. The van der Waals surface area contributed by atoms with E-state index in [1.165, 1.54) is 25.3 Å². The van der Waals surface area contributed by atoms with Crippen LogP contribution in [0.5, 0.6) is 17.2 Å². The molecule has 0 radical (unpaired) electrons. The maximum atomic E-state index is 12.7. The van der Waals surface area contributed by atoms with Gasteiger partial charge in [0.2, 0.25) is 0 Å². The van der Waals surface area contributed by atoms with E-state index in [4.69, 9.17) is 9.47 Å². The minimum Gasteiger partial charge on any atom is -0.494 e. The average Bonchev–Trinajstić information content (AvgIpc) is 2.69. The fraction of sp³-hybridized carbons (Fsp3) is 0.0500. The topological polar surface area (TPSA) is 90.7 Å². The molecule has 0 atom stereocenters. The third-order valence-electron chi connectivity index (χ3n) is 3.75. The summed E-state index contributed by atoms with van der Waals surface area (Å²) in [6.45, 7) is 0. The Balaban J connectivity index is 1.86. The second kappa shape index (κ2) is 8.01. The van der Waals surface area contributed by atoms with Gasteiger partial charge in [-0.15, -0.1) is 0 Å². The lowest BCUT2D eigenvalue weighted by atomic mass is 10.1. The number of rotatable bonds is 6. The summed E-state index contributed by atoms with van der Waals surface area (Å²) in [6, 6.07) is 19.9. The van der Waals surface area contributed by atoms with Gasteiger partial charge in [-0.25, -0.2) is 0 Å². The Morgan fingerprint density at radius 3 is 2.37 bits per heavy atom. The molecule has 27 heavy (non-hydrogen) atoms. The van der Waals surface area contributed by atoms with E-state index in [1.807, 2.05) is 18.2 Å². The van der Waals surface area contributed by atoms with Gasteiger partial charge in [-0.05, 0) is 30.3 Å². The van der Waals surface area contributed by atoms with Crippen LogP contribution in [0, 0.1) is 10.1 Å². The first-order chi connectivity index (χ1) is 13.1. The summed E-state index contributed by atoms with van der Waals surface area (Å²) in [4.78, 5) is 23.1. The summed E-state index contributed by atoms with van der Waals surface area (Å²) in [6.07, 6.45) is 0. The van der Waals surface area contributed by atoms with Crippen molar-refractivity contribution >= 4 is 17.3 Å². The van der Waals surface area contributed by atoms with Crippen LogP contribution in [0.1, 0.15) is 10.4 Å². The van der Waals surface area contributed by atoms with Crippen LogP contribution >= 0.6 is 0 Å². The number of hydrogen-bond acceptors (Lipinski definition) is 5. The monoisotopic (exact) mass is 364 g/mol. The molecule has 0 saturated carbocycles. The minimum absolute atomic E-state index is 0.127. The molecule has 3 aromatic carbocycles. The zero-order valence-electron chi connectivity index (χ0n) is 14.4. The van der Waals surface area contributed by atoms with E-state index >= 15 is 0 Å². The van der Waals surface area contributed by atoms with Gasteiger partial charge >= 0.3 is 0 Å². The number of methoxy groups -OCH3 is 1. The van der Waals surface area contributed by atoms with Crippen LogP contribution in [-0.4, -0.2) is 17.9 Å². The highest BCUT2D eigenvalue weighted by Crippen LogP contribution is 2.31. The molecule has 7 heteroatoms. The molecule has 0 aliphatic heterocycles. The van der Waals surface area contributed by atoms with E-state index < -0.39 is 10.8 Å². The van der Waals surface area contributed by atoms with Crippen molar-refractivity contribution in [1.29, 1.82) is 0 Å². The molecule has 0 aliphatic rings. The molecule has 0 aromatic heterocycles. The third kappa shape index (κ3) is 4.21. The lowest BCUT2D eigenvalue weighted by Gasteiger charge is -2.13. The molecule has 0 bridgehead atoms. The van der Waals surface area contributed by atoms with Crippen molar-refractivity contribution < 1.29 is 19.2 Å². The lowest BCUT2D eigenvalue weighted by molar-refractivity contribution is -0.384. The number of para-hydroxylation sites is 2. The van der Waals surface area contributed by atoms with Crippen LogP contribution in [0.25, 0.3) is 0 Å². The van der Waals surface area contributed by atoms with E-state index in [0.29, 0.717) is 22.7 Å². The highest BCUT2D eigenvalue weighted by molar-refractivity contribution is 6.07. The van der Waals surface area contributed by atoms with Crippen molar-refractivity contribution in [3.8, 4) is 17.2 Å². The highest BCUT2D eigenvalue weighted by Gasteiger charge is 2.17. The van der Waals surface area contributed by atoms with Gasteiger partial charge in [-0.1, -0.05) is 30.3 Å². The first-order valence-corrected chi connectivity index (χ1v) is 8.04. The number of nitro benzene ring substituents is 1. The van der Waals surface area contributed by atoms with Gasteiger partial charge in [0.1, 0.15) is 17.2 Å². The predicted octanol–water partition coefficient (Wildman–Crippen LogP) is 4.65. The van der Waals surface area contributed by atoms with Gasteiger partial charge < -0.3 is 14.8 Å². The summed E-state index contributed by atoms with van der Waals surface area (Å²) < 4.78 is 10.9. The van der Waals surface area contributed by atoms with Gasteiger partial charge in [0.05, 0.1) is 29.4 Å². The number of hydrogen-bond donors (Lipinski definition) is 1. The molecule has 3 rings (SSSR count). The van der Waals surface area contributed by atoms with E-state index in [-0.39, 0.29) is 11.4 Å². The van der Waals surface area contributed by atoms with Gasteiger partial charge in [-0.2, -0.15) is 0 Å². The summed E-state index contributed by atoms with van der Waals surface area (Å²) in [5.41, 5.74) is 0.516. The average molecular weight is 364 g/mol. The number of non-ortho nitro benzene ring substituents is 1. The quantitative estimate of drug-likeness (QED) is 0.508. The molecule has 7 nitrogen and oxygen atoms in total. The SMILES string of the molecule is COc1cc([N+](=O)[O-])ccc1NC(=O)c1ccccc1Oc1ccccc1. The van der Waals surface area contributed by atoms with Crippen LogP contribution in [0.4, 0.5) is 11.4 Å². The van der Waals surface area contributed by atoms with Crippen molar-refractivity contribution in [3.63, 3.8) is 0 Å². The van der Waals surface area contributed by atoms with Crippen LogP contribution in [-0.2, 0) is 0 Å². The summed E-state index contributed by atoms with van der Waals surface area (Å²) >= 11 is 0. The number of nitrogens with zero attached hydrogens (tertiary/aromatic N) is 1. The molecule has 0 fully saturated rings. The third-order valence-corrected chi connectivity index (χ3v) is 3.75. The number of ether oxygens (including phenoxy) is 2. The van der Waals surface area contributed by atoms with Crippen molar-refractivity contribution in [2.75, 3.05) is 12.4 Å². The zero-order valence-corrected chi connectivity index (χ0v) is 14.4. The lowest BCUT2D eigenvalue weighted by Crippen LogP contribution is -2.13. The van der Waals surface area contributed by atoms with Crippen LogP contribution in [0.2, 0.25) is 0 Å². The standard InChI is InChI=1S/C20H16N2O5/c1-26-19-13-14(22(24)25)11-12-17(19)21-20(23)16-9-5-6-10-18(16)27-15-7-3-2-4-8-15/h2-13H,1H3,(H,21,23). The molecule has 0 heterocycles. The minimum atomic E-state index is -0.531. The molecule has 1 amide bonds. The van der Waals surface area contributed by atoms with Crippen LogP contribution in [0.3, 0.4) is 0 Å². The van der Waals surface area contributed by atoms with Crippen molar-refractivity contribution in [2.24, 2.45) is 0 Å². The normalized spacial score (nSPS) is 10.1. The maximum absolute atomic E-state index is 12.7. The Bertz CT molecular complexity index is 973. The van der Waals surface area contributed by atoms with Crippen molar-refractivity contribution in [1.82, 2.24) is 0 Å². The molecular formula is C20H16N2O5. The van der Waals surface area contributed by atoms with Crippen molar-refractivity contribution in [2.45, 2.75) is 0 Å². The number of nitrogens with one attached hydrogen (secondary N) is 1. The van der Waals surface area contributed by atoms with E-state index in [9.17, 15) is 14.9 Å². The van der Waals surface area contributed by atoms with Gasteiger partial charge in [-0.3, -0.25) is 14.9 Å². The molecule has 0 aliphatic carbocycles. The van der Waals surface area contributed by atoms with Crippen molar-refractivity contribution in [3.05, 3.63) is 88.5 Å². The highest BCUT2D eigenvalue weighted by atomic mass is 16.6. The number of carbonyl (C=O) groups excluding carboxylic acids is 1. The summed E-state index contributed by atoms with van der Waals surface area (Å²) in [5, 5.41) is 13.6. The Morgan fingerprint density at radius 1 is 0.963 bits per heavy atom. The zero-order chi connectivity index (χ0) is 19.2. The summed E-state index contributed by atoms with van der Waals surface area (Å²) in [5.74, 6) is 0.764. The van der Waals surface area contributed by atoms with Crippen LogP contribution < -0.4 is 14.8 Å². The Kier molecular flexibility index (Phi) is 5.32. The molecule has 0 spiro atoms. The predicted molar refractivity (Wildman–Crippen MR) is 101 cm³/mol.